The number of amides is 3. The summed E-state index contributed by atoms with van der Waals surface area (Å²) in [4.78, 5) is 45.2. The Hall–Kier alpha value is -2.98. The van der Waals surface area contributed by atoms with Crippen LogP contribution in [0.25, 0.3) is 6.08 Å². The number of aryl methyl sites for hydroxylation is 1. The molecule has 1 aliphatic carbocycles. The Bertz CT molecular complexity index is 1090. The maximum atomic E-state index is 12.3. The van der Waals surface area contributed by atoms with Gasteiger partial charge in [0, 0.05) is 17.7 Å². The fraction of sp³-hybridized carbons (Fsp3) is 0.211. The summed E-state index contributed by atoms with van der Waals surface area (Å²) < 4.78 is 0. The van der Waals surface area contributed by atoms with Crippen LogP contribution in [0.3, 0.4) is 0 Å². The summed E-state index contributed by atoms with van der Waals surface area (Å²) in [6.45, 7) is 1.82. The number of nitrogens with two attached hydrogens (primary N) is 1. The van der Waals surface area contributed by atoms with E-state index in [0.717, 1.165) is 23.3 Å². The van der Waals surface area contributed by atoms with Gasteiger partial charge in [-0.1, -0.05) is 11.3 Å². The van der Waals surface area contributed by atoms with Crippen LogP contribution in [0.15, 0.2) is 34.3 Å². The number of rotatable bonds is 5. The Morgan fingerprint density at radius 2 is 2.17 bits per heavy atom. The van der Waals surface area contributed by atoms with Crippen molar-refractivity contribution in [1.82, 2.24) is 10.3 Å². The quantitative estimate of drug-likeness (QED) is 0.633. The van der Waals surface area contributed by atoms with Gasteiger partial charge in [0.2, 0.25) is 11.8 Å². The average Bonchev–Trinajstić information content (AvgIpc) is 3.35. The molecule has 2 aliphatic rings. The number of anilines is 1. The van der Waals surface area contributed by atoms with Gasteiger partial charge in [-0.15, -0.1) is 0 Å². The van der Waals surface area contributed by atoms with Gasteiger partial charge in [0.15, 0.2) is 10.3 Å². The van der Waals surface area contributed by atoms with E-state index >= 15 is 0 Å². The monoisotopic (exact) mass is 427 g/mol. The Labute approximate surface area is 174 Å². The number of hydrogen-bond acceptors (Lipinski definition) is 7. The molecule has 10 heteroatoms. The van der Waals surface area contributed by atoms with Crippen LogP contribution < -0.4 is 16.4 Å². The minimum atomic E-state index is -0.502. The summed E-state index contributed by atoms with van der Waals surface area (Å²) in [5.41, 5.74) is 7.11. The first kappa shape index (κ1) is 19.3. The lowest BCUT2D eigenvalue weighted by Gasteiger charge is -2.03. The first-order valence-corrected chi connectivity index (χ1v) is 10.5. The Morgan fingerprint density at radius 3 is 2.86 bits per heavy atom. The number of aromatic nitrogens is 1. The summed E-state index contributed by atoms with van der Waals surface area (Å²) in [7, 11) is 0. The number of nitrogens with zero attached hydrogens (tertiary/aromatic N) is 2. The topological polar surface area (TPSA) is 127 Å². The van der Waals surface area contributed by atoms with Gasteiger partial charge in [-0.05, 0) is 61.4 Å². The third-order valence-corrected chi connectivity index (χ3v) is 6.10. The number of hydrogen-bond donors (Lipinski definition) is 3. The molecule has 1 aromatic carbocycles. The minimum absolute atomic E-state index is 0.00122. The molecular formula is C19H17N5O3S2. The highest BCUT2D eigenvalue weighted by atomic mass is 32.2. The largest absolute Gasteiger partial charge is 0.366 e. The van der Waals surface area contributed by atoms with Crippen molar-refractivity contribution in [1.29, 1.82) is 0 Å². The number of aliphatic imine (C=N–C) groups is 1. The summed E-state index contributed by atoms with van der Waals surface area (Å²) in [6.07, 6.45) is 5.20. The van der Waals surface area contributed by atoms with E-state index in [0.29, 0.717) is 26.5 Å². The third kappa shape index (κ3) is 4.54. The fourth-order valence-corrected chi connectivity index (χ4v) is 4.28. The molecule has 4 N–H and O–H groups in total. The maximum Gasteiger partial charge on any atom is 0.264 e. The molecule has 2 heterocycles. The summed E-state index contributed by atoms with van der Waals surface area (Å²) in [5, 5.41) is 6.50. The Balaban J connectivity index is 1.47. The summed E-state index contributed by atoms with van der Waals surface area (Å²) >= 11 is 2.53. The number of thioether (sulfide) groups is 1. The minimum Gasteiger partial charge on any atom is -0.366 e. The van der Waals surface area contributed by atoms with Gasteiger partial charge in [-0.3, -0.25) is 14.4 Å². The summed E-state index contributed by atoms with van der Waals surface area (Å²) in [6, 6.07) is 4.95. The lowest BCUT2D eigenvalue weighted by Crippen LogP contribution is -2.19. The molecule has 0 bridgehead atoms. The van der Waals surface area contributed by atoms with Crippen LogP contribution in [-0.2, 0) is 9.59 Å². The predicted molar refractivity (Wildman–Crippen MR) is 114 cm³/mol. The molecule has 1 saturated carbocycles. The van der Waals surface area contributed by atoms with Crippen LogP contribution >= 0.6 is 23.1 Å². The average molecular weight is 428 g/mol. The van der Waals surface area contributed by atoms with Crippen LogP contribution in [0.1, 0.15) is 33.6 Å². The SMILES string of the molecule is Cc1cc(C(N)=O)ccc1N=C1NC(=O)C(=Cc2cnc(NC(=O)C3CC3)s2)S1. The molecule has 0 unspecified atom stereocenters. The third-order valence-electron chi connectivity index (χ3n) is 4.33. The maximum absolute atomic E-state index is 12.3. The molecular weight excluding hydrogens is 410 g/mol. The van der Waals surface area contributed by atoms with Crippen molar-refractivity contribution in [3.63, 3.8) is 0 Å². The van der Waals surface area contributed by atoms with Gasteiger partial charge < -0.3 is 16.4 Å². The number of carbonyl (C=O) groups excluding carboxylic acids is 3. The van der Waals surface area contributed by atoms with Gasteiger partial charge in [-0.2, -0.15) is 0 Å². The van der Waals surface area contributed by atoms with Crippen molar-refractivity contribution in [3.8, 4) is 0 Å². The molecule has 0 radical (unpaired) electrons. The Kier molecular flexibility index (Phi) is 5.20. The highest BCUT2D eigenvalue weighted by Crippen LogP contribution is 2.33. The molecule has 2 aromatic rings. The second-order valence-electron chi connectivity index (χ2n) is 6.68. The molecule has 0 spiro atoms. The van der Waals surface area contributed by atoms with Crippen molar-refractivity contribution >= 4 is 62.9 Å². The van der Waals surface area contributed by atoms with Gasteiger partial charge in [-0.25, -0.2) is 9.98 Å². The molecule has 148 valence electrons. The van der Waals surface area contributed by atoms with E-state index < -0.39 is 5.91 Å². The molecule has 8 nitrogen and oxygen atoms in total. The van der Waals surface area contributed by atoms with Crippen molar-refractivity contribution in [2.45, 2.75) is 19.8 Å². The second-order valence-corrected chi connectivity index (χ2v) is 8.77. The zero-order chi connectivity index (χ0) is 20.5. The van der Waals surface area contributed by atoms with Gasteiger partial charge >= 0.3 is 0 Å². The lowest BCUT2D eigenvalue weighted by atomic mass is 10.1. The van der Waals surface area contributed by atoms with Crippen LogP contribution in [0.4, 0.5) is 10.8 Å². The molecule has 3 amide bonds. The van der Waals surface area contributed by atoms with E-state index in [1.807, 2.05) is 6.92 Å². The van der Waals surface area contributed by atoms with Gasteiger partial charge in [0.1, 0.15) is 0 Å². The smallest absolute Gasteiger partial charge is 0.264 e. The lowest BCUT2D eigenvalue weighted by molar-refractivity contribution is -0.117. The normalized spacial score (nSPS) is 18.9. The van der Waals surface area contributed by atoms with E-state index in [1.165, 1.54) is 23.1 Å². The number of nitrogens with one attached hydrogen (secondary N) is 2. The van der Waals surface area contributed by atoms with E-state index in [-0.39, 0.29) is 17.7 Å². The van der Waals surface area contributed by atoms with Crippen molar-refractivity contribution in [2.75, 3.05) is 5.32 Å². The molecule has 2 fully saturated rings. The van der Waals surface area contributed by atoms with Crippen LogP contribution in [0.2, 0.25) is 0 Å². The molecule has 1 saturated heterocycles. The van der Waals surface area contributed by atoms with Gasteiger partial charge in [0.05, 0.1) is 15.5 Å². The highest BCUT2D eigenvalue weighted by Gasteiger charge is 2.30. The number of carbonyl (C=O) groups is 3. The number of primary amides is 1. The molecule has 4 rings (SSSR count). The van der Waals surface area contributed by atoms with E-state index in [9.17, 15) is 14.4 Å². The number of benzene rings is 1. The molecule has 0 atom stereocenters. The van der Waals surface area contributed by atoms with Gasteiger partial charge in [0.25, 0.3) is 5.91 Å². The molecule has 1 aliphatic heterocycles. The van der Waals surface area contributed by atoms with Crippen molar-refractivity contribution < 1.29 is 14.4 Å². The number of thiazole rings is 1. The van der Waals surface area contributed by atoms with Crippen LogP contribution in [0, 0.1) is 12.8 Å². The first-order chi connectivity index (χ1) is 13.9. The standard InChI is InChI=1S/C19H17N5O3S2/c1-9-6-11(15(20)25)4-5-13(9)22-19-24-17(27)14(29-19)7-12-8-21-18(28-12)23-16(26)10-2-3-10/h4-8,10H,2-3H2,1H3,(H2,20,25)(H,21,23,26)(H,22,24,27). The van der Waals surface area contributed by atoms with Crippen molar-refractivity contribution in [2.24, 2.45) is 16.6 Å². The van der Waals surface area contributed by atoms with Crippen LogP contribution in [0.5, 0.6) is 0 Å². The zero-order valence-corrected chi connectivity index (χ0v) is 17.0. The summed E-state index contributed by atoms with van der Waals surface area (Å²) in [5.74, 6) is -0.648. The van der Waals surface area contributed by atoms with Crippen molar-refractivity contribution in [3.05, 3.63) is 45.3 Å². The van der Waals surface area contributed by atoms with E-state index in [4.69, 9.17) is 5.73 Å². The number of amidine groups is 1. The zero-order valence-electron chi connectivity index (χ0n) is 15.4. The first-order valence-electron chi connectivity index (χ1n) is 8.86. The second kappa shape index (κ2) is 7.80. The highest BCUT2D eigenvalue weighted by molar-refractivity contribution is 8.18. The van der Waals surface area contributed by atoms with Crippen LogP contribution in [-0.4, -0.2) is 27.9 Å². The Morgan fingerprint density at radius 1 is 1.38 bits per heavy atom. The fourth-order valence-electron chi connectivity index (χ4n) is 2.62. The van der Waals surface area contributed by atoms with E-state index in [2.05, 4.69) is 20.6 Å². The molecule has 1 aromatic heterocycles. The van der Waals surface area contributed by atoms with E-state index in [1.54, 1.807) is 30.5 Å². The predicted octanol–water partition coefficient (Wildman–Crippen LogP) is 2.79. The molecule has 29 heavy (non-hydrogen) atoms.